The molecular weight excluding hydrogens is 455 g/mol. The van der Waals surface area contributed by atoms with Crippen molar-refractivity contribution in [1.29, 1.82) is 0 Å². The van der Waals surface area contributed by atoms with Crippen molar-refractivity contribution < 1.29 is 22.3 Å². The summed E-state index contributed by atoms with van der Waals surface area (Å²) in [5, 5.41) is 2.71. The Hall–Kier alpha value is -4.17. The molecule has 5 rings (SSSR count). The number of benzene rings is 4. The number of para-hydroxylation sites is 1. The number of rotatable bonds is 5. The number of nitrogens with one attached hydrogen (secondary N) is 1. The van der Waals surface area contributed by atoms with E-state index in [0.29, 0.717) is 28.3 Å². The molecule has 0 aliphatic carbocycles. The molecule has 1 aliphatic rings. The standard InChI is InChI=1S/C26H19FN2O4S/c27-18-10-15-24-23(16-18)22-8-4-5-9-25(22)34(31,32)29(24)17-26(30)28-19-11-13-21(14-12-19)33-20-6-2-1-3-7-20/h1-16H,17H2,(H,28,30). The third-order valence-electron chi connectivity index (χ3n) is 5.38. The van der Waals surface area contributed by atoms with Crippen LogP contribution in [-0.2, 0) is 14.8 Å². The molecule has 1 heterocycles. The normalized spacial score (nSPS) is 13.5. The zero-order valence-electron chi connectivity index (χ0n) is 17.8. The molecule has 0 radical (unpaired) electrons. The second-order valence-electron chi connectivity index (χ2n) is 7.66. The van der Waals surface area contributed by atoms with Crippen molar-refractivity contribution in [1.82, 2.24) is 0 Å². The number of hydrogen-bond acceptors (Lipinski definition) is 4. The van der Waals surface area contributed by atoms with E-state index in [1.807, 2.05) is 30.3 Å². The summed E-state index contributed by atoms with van der Waals surface area (Å²) in [5.41, 5.74) is 1.56. The Bertz CT molecular complexity index is 1470. The minimum atomic E-state index is -4.01. The van der Waals surface area contributed by atoms with Gasteiger partial charge in [0.15, 0.2) is 0 Å². The minimum absolute atomic E-state index is 0.0308. The van der Waals surface area contributed by atoms with Crippen molar-refractivity contribution in [3.63, 3.8) is 0 Å². The van der Waals surface area contributed by atoms with Gasteiger partial charge in [-0.25, -0.2) is 12.8 Å². The van der Waals surface area contributed by atoms with Gasteiger partial charge >= 0.3 is 0 Å². The number of carbonyl (C=O) groups is 1. The van der Waals surface area contributed by atoms with Gasteiger partial charge in [-0.05, 0) is 60.7 Å². The van der Waals surface area contributed by atoms with Crippen LogP contribution in [0.2, 0.25) is 0 Å². The van der Waals surface area contributed by atoms with E-state index in [2.05, 4.69) is 5.32 Å². The van der Waals surface area contributed by atoms with Gasteiger partial charge in [0.1, 0.15) is 23.9 Å². The Morgan fingerprint density at radius 1 is 0.824 bits per heavy atom. The number of amides is 1. The van der Waals surface area contributed by atoms with E-state index in [1.165, 1.54) is 24.3 Å². The van der Waals surface area contributed by atoms with Crippen LogP contribution in [0.15, 0.2) is 102 Å². The molecule has 1 aliphatic heterocycles. The Morgan fingerprint density at radius 3 is 2.26 bits per heavy atom. The molecule has 0 aromatic heterocycles. The zero-order valence-corrected chi connectivity index (χ0v) is 18.6. The fraction of sp³-hybridized carbons (Fsp3) is 0.0385. The maximum absolute atomic E-state index is 14.0. The first-order chi connectivity index (χ1) is 16.4. The average Bonchev–Trinajstić information content (AvgIpc) is 2.84. The largest absolute Gasteiger partial charge is 0.457 e. The summed E-state index contributed by atoms with van der Waals surface area (Å²) < 4.78 is 47.3. The molecule has 0 saturated carbocycles. The summed E-state index contributed by atoms with van der Waals surface area (Å²) in [6, 6.07) is 26.2. The smallest absolute Gasteiger partial charge is 0.265 e. The molecule has 1 amide bonds. The number of fused-ring (bicyclic) bond motifs is 3. The summed E-state index contributed by atoms with van der Waals surface area (Å²) in [5.74, 6) is 0.255. The van der Waals surface area contributed by atoms with Gasteiger partial charge < -0.3 is 10.1 Å². The van der Waals surface area contributed by atoms with Crippen molar-refractivity contribution in [3.8, 4) is 22.6 Å². The second-order valence-corrected chi connectivity index (χ2v) is 9.49. The lowest BCUT2D eigenvalue weighted by atomic mass is 10.0. The number of halogens is 1. The summed E-state index contributed by atoms with van der Waals surface area (Å²) >= 11 is 0. The van der Waals surface area contributed by atoms with E-state index in [1.54, 1.807) is 42.5 Å². The predicted molar refractivity (Wildman–Crippen MR) is 128 cm³/mol. The maximum Gasteiger partial charge on any atom is 0.265 e. The van der Waals surface area contributed by atoms with Crippen molar-refractivity contribution >= 4 is 27.3 Å². The summed E-state index contributed by atoms with van der Waals surface area (Å²) in [6.45, 7) is -0.461. The van der Waals surface area contributed by atoms with Gasteiger partial charge in [-0.2, -0.15) is 0 Å². The van der Waals surface area contributed by atoms with Crippen LogP contribution in [-0.4, -0.2) is 20.9 Å². The number of anilines is 2. The van der Waals surface area contributed by atoms with Gasteiger partial charge in [0, 0.05) is 16.8 Å². The number of sulfonamides is 1. The van der Waals surface area contributed by atoms with Gasteiger partial charge in [0.2, 0.25) is 5.91 Å². The summed E-state index contributed by atoms with van der Waals surface area (Å²) in [7, 11) is -4.01. The molecule has 0 atom stereocenters. The van der Waals surface area contributed by atoms with Gasteiger partial charge in [-0.3, -0.25) is 9.10 Å². The first-order valence-electron chi connectivity index (χ1n) is 10.5. The van der Waals surface area contributed by atoms with E-state index < -0.39 is 28.3 Å². The minimum Gasteiger partial charge on any atom is -0.457 e. The molecule has 170 valence electrons. The molecule has 0 spiro atoms. The Balaban J connectivity index is 1.36. The third-order valence-corrected chi connectivity index (χ3v) is 7.19. The van der Waals surface area contributed by atoms with E-state index in [0.717, 1.165) is 4.31 Å². The van der Waals surface area contributed by atoms with Crippen LogP contribution in [0.1, 0.15) is 0 Å². The van der Waals surface area contributed by atoms with E-state index in [9.17, 15) is 17.6 Å². The van der Waals surface area contributed by atoms with Crippen molar-refractivity contribution in [2.24, 2.45) is 0 Å². The topological polar surface area (TPSA) is 75.7 Å². The van der Waals surface area contributed by atoms with Crippen LogP contribution in [0.25, 0.3) is 11.1 Å². The number of ether oxygens (including phenoxy) is 1. The van der Waals surface area contributed by atoms with Crippen molar-refractivity contribution in [2.75, 3.05) is 16.2 Å². The average molecular weight is 475 g/mol. The second kappa shape index (κ2) is 8.64. The fourth-order valence-corrected chi connectivity index (χ4v) is 5.49. The quantitative estimate of drug-likeness (QED) is 0.418. The fourth-order valence-electron chi connectivity index (χ4n) is 3.84. The monoisotopic (exact) mass is 474 g/mol. The Kier molecular flexibility index (Phi) is 5.51. The van der Waals surface area contributed by atoms with Crippen molar-refractivity contribution in [2.45, 2.75) is 4.90 Å². The summed E-state index contributed by atoms with van der Waals surface area (Å²) in [6.07, 6.45) is 0. The highest BCUT2D eigenvalue weighted by Gasteiger charge is 2.36. The zero-order chi connectivity index (χ0) is 23.7. The van der Waals surface area contributed by atoms with Crippen LogP contribution < -0.4 is 14.4 Å². The highest BCUT2D eigenvalue weighted by atomic mass is 32.2. The molecule has 4 aromatic rings. The molecule has 4 aromatic carbocycles. The number of hydrogen-bond donors (Lipinski definition) is 1. The molecular formula is C26H19FN2O4S. The molecule has 0 bridgehead atoms. The first kappa shape index (κ1) is 21.7. The highest BCUT2D eigenvalue weighted by Crippen LogP contribution is 2.43. The predicted octanol–water partition coefficient (Wildman–Crippen LogP) is 5.43. The molecule has 0 saturated heterocycles. The van der Waals surface area contributed by atoms with Gasteiger partial charge in [-0.15, -0.1) is 0 Å². The van der Waals surface area contributed by atoms with Crippen LogP contribution in [0, 0.1) is 5.82 Å². The van der Waals surface area contributed by atoms with Crippen LogP contribution in [0.3, 0.4) is 0 Å². The van der Waals surface area contributed by atoms with Gasteiger partial charge in [-0.1, -0.05) is 36.4 Å². The lowest BCUT2D eigenvalue weighted by molar-refractivity contribution is -0.114. The Labute approximate surface area is 196 Å². The van der Waals surface area contributed by atoms with Crippen molar-refractivity contribution in [3.05, 3.63) is 103 Å². The van der Waals surface area contributed by atoms with Gasteiger partial charge in [0.05, 0.1) is 10.6 Å². The molecule has 1 N–H and O–H groups in total. The van der Waals surface area contributed by atoms with Crippen LogP contribution in [0.4, 0.5) is 15.8 Å². The van der Waals surface area contributed by atoms with E-state index in [-0.39, 0.29) is 10.6 Å². The Morgan fingerprint density at radius 2 is 1.50 bits per heavy atom. The summed E-state index contributed by atoms with van der Waals surface area (Å²) in [4.78, 5) is 12.8. The molecule has 0 unspecified atom stereocenters. The SMILES string of the molecule is O=C(CN1c2ccc(F)cc2-c2ccccc2S1(=O)=O)Nc1ccc(Oc2ccccc2)cc1. The highest BCUT2D eigenvalue weighted by molar-refractivity contribution is 7.93. The van der Waals surface area contributed by atoms with Gasteiger partial charge in [0.25, 0.3) is 10.0 Å². The van der Waals surface area contributed by atoms with Crippen LogP contribution >= 0.6 is 0 Å². The maximum atomic E-state index is 14.0. The number of nitrogens with zero attached hydrogens (tertiary/aromatic N) is 1. The molecule has 34 heavy (non-hydrogen) atoms. The first-order valence-corrected chi connectivity index (χ1v) is 11.9. The van der Waals surface area contributed by atoms with E-state index in [4.69, 9.17) is 4.74 Å². The molecule has 0 fully saturated rings. The van der Waals surface area contributed by atoms with Crippen LogP contribution in [0.5, 0.6) is 11.5 Å². The van der Waals surface area contributed by atoms with E-state index >= 15 is 0 Å². The molecule has 8 heteroatoms. The third kappa shape index (κ3) is 4.11. The lowest BCUT2D eigenvalue weighted by Gasteiger charge is -2.31. The molecule has 6 nitrogen and oxygen atoms in total. The number of carbonyl (C=O) groups excluding carboxylic acids is 1. The lowest BCUT2D eigenvalue weighted by Crippen LogP contribution is -2.40.